The normalized spacial score (nSPS) is 10.9. The second-order valence-corrected chi connectivity index (χ2v) is 5.54. The van der Waals surface area contributed by atoms with Gasteiger partial charge in [-0.25, -0.2) is 10.4 Å². The van der Waals surface area contributed by atoms with Crippen LogP contribution in [0.25, 0.3) is 11.0 Å². The Morgan fingerprint density at radius 2 is 2.08 bits per heavy atom. The van der Waals surface area contributed by atoms with Crippen LogP contribution < -0.4 is 5.43 Å². The van der Waals surface area contributed by atoms with E-state index in [1.807, 2.05) is 13.0 Å². The fraction of sp³-hybridized carbons (Fsp3) is 0.158. The van der Waals surface area contributed by atoms with Gasteiger partial charge < -0.3 is 4.57 Å². The number of benzene rings is 2. The quantitative estimate of drug-likeness (QED) is 0.589. The fourth-order valence-corrected chi connectivity index (χ4v) is 2.66. The van der Waals surface area contributed by atoms with Gasteiger partial charge in [-0.05, 0) is 49.7 Å². The van der Waals surface area contributed by atoms with Crippen molar-refractivity contribution in [3.63, 3.8) is 0 Å². The Bertz CT molecular complexity index is 993. The van der Waals surface area contributed by atoms with Gasteiger partial charge in [0.25, 0.3) is 5.91 Å². The number of aromatic nitrogens is 2. The van der Waals surface area contributed by atoms with Gasteiger partial charge in [0, 0.05) is 12.1 Å². The molecule has 0 aliphatic rings. The number of nitrogens with zero attached hydrogens (tertiary/aromatic N) is 4. The number of hydrogen-bond donors (Lipinski definition) is 1. The van der Waals surface area contributed by atoms with E-state index in [1.54, 1.807) is 36.4 Å². The zero-order valence-electron chi connectivity index (χ0n) is 14.0. The molecule has 6 nitrogen and oxygen atoms in total. The molecular weight excluding hydrogens is 314 g/mol. The molecule has 0 saturated carbocycles. The summed E-state index contributed by atoms with van der Waals surface area (Å²) in [4.78, 5) is 16.7. The van der Waals surface area contributed by atoms with Crippen molar-refractivity contribution in [2.75, 3.05) is 0 Å². The zero-order valence-corrected chi connectivity index (χ0v) is 14.0. The largest absolute Gasteiger partial charge is 0.329 e. The van der Waals surface area contributed by atoms with Gasteiger partial charge in [0.1, 0.15) is 5.82 Å². The third-order valence-electron chi connectivity index (χ3n) is 3.94. The first-order valence-corrected chi connectivity index (χ1v) is 7.93. The highest BCUT2D eigenvalue weighted by atomic mass is 16.2. The monoisotopic (exact) mass is 331 g/mol. The minimum atomic E-state index is -0.296. The molecule has 0 aliphatic heterocycles. The molecule has 1 amide bonds. The lowest BCUT2D eigenvalue weighted by Gasteiger charge is -2.03. The van der Waals surface area contributed by atoms with Crippen LogP contribution in [0.1, 0.15) is 34.2 Å². The van der Waals surface area contributed by atoms with Crippen LogP contribution >= 0.6 is 0 Å². The van der Waals surface area contributed by atoms with Crippen LogP contribution in [0.4, 0.5) is 0 Å². The molecule has 6 heteroatoms. The molecule has 0 aliphatic carbocycles. The maximum atomic E-state index is 12.2. The van der Waals surface area contributed by atoms with Crippen molar-refractivity contribution in [1.82, 2.24) is 15.0 Å². The van der Waals surface area contributed by atoms with E-state index in [9.17, 15) is 4.79 Å². The Balaban J connectivity index is 1.73. The summed E-state index contributed by atoms with van der Waals surface area (Å²) < 4.78 is 2.10. The third kappa shape index (κ3) is 3.40. The van der Waals surface area contributed by atoms with E-state index in [0.717, 1.165) is 29.0 Å². The number of nitriles is 1. The highest BCUT2D eigenvalue weighted by Crippen LogP contribution is 2.17. The van der Waals surface area contributed by atoms with E-state index in [2.05, 4.69) is 33.1 Å². The Morgan fingerprint density at radius 3 is 2.76 bits per heavy atom. The number of hydrazone groups is 1. The van der Waals surface area contributed by atoms with Gasteiger partial charge in [0.2, 0.25) is 0 Å². The number of rotatable bonds is 4. The smallest absolute Gasteiger partial charge is 0.271 e. The maximum Gasteiger partial charge on any atom is 0.271 e. The van der Waals surface area contributed by atoms with Crippen LogP contribution in [-0.4, -0.2) is 21.7 Å². The molecule has 3 aromatic rings. The van der Waals surface area contributed by atoms with Gasteiger partial charge in [-0.1, -0.05) is 12.1 Å². The first kappa shape index (κ1) is 16.4. The lowest BCUT2D eigenvalue weighted by atomic mass is 10.2. The number of fused-ring (bicyclic) bond motifs is 1. The van der Waals surface area contributed by atoms with Crippen molar-refractivity contribution >= 4 is 23.2 Å². The minimum absolute atomic E-state index is 0.296. The van der Waals surface area contributed by atoms with Crippen molar-refractivity contribution in [2.45, 2.75) is 20.4 Å². The first-order chi connectivity index (χ1) is 12.1. The standard InChI is InChI=1S/C19H17N5O/c1-3-24-13(2)22-17-10-16(8-9-18(17)24)19(25)23-21-12-15-6-4-14(11-20)5-7-15/h4-10,12H,3H2,1-2H3,(H,23,25). The number of carbonyl (C=O) groups is 1. The lowest BCUT2D eigenvalue weighted by molar-refractivity contribution is 0.0955. The molecule has 0 unspecified atom stereocenters. The maximum absolute atomic E-state index is 12.2. The van der Waals surface area contributed by atoms with E-state index in [-0.39, 0.29) is 5.91 Å². The molecule has 1 N–H and O–H groups in total. The molecule has 0 saturated heterocycles. The summed E-state index contributed by atoms with van der Waals surface area (Å²) in [5.74, 6) is 0.629. The number of nitrogens with one attached hydrogen (secondary N) is 1. The summed E-state index contributed by atoms with van der Waals surface area (Å²) in [6, 6.07) is 14.4. The molecule has 3 rings (SSSR count). The molecule has 0 atom stereocenters. The van der Waals surface area contributed by atoms with E-state index in [4.69, 9.17) is 5.26 Å². The fourth-order valence-electron chi connectivity index (χ4n) is 2.66. The summed E-state index contributed by atoms with van der Waals surface area (Å²) >= 11 is 0. The Kier molecular flexibility index (Phi) is 4.57. The topological polar surface area (TPSA) is 83.1 Å². The Morgan fingerprint density at radius 1 is 1.32 bits per heavy atom. The van der Waals surface area contributed by atoms with Crippen molar-refractivity contribution in [3.05, 3.63) is 65.0 Å². The van der Waals surface area contributed by atoms with Gasteiger partial charge in [-0.15, -0.1) is 0 Å². The second kappa shape index (κ2) is 6.97. The summed E-state index contributed by atoms with van der Waals surface area (Å²) in [6.45, 7) is 4.85. The van der Waals surface area contributed by atoms with E-state index >= 15 is 0 Å². The van der Waals surface area contributed by atoms with Crippen LogP contribution in [0.3, 0.4) is 0 Å². The molecule has 1 aromatic heterocycles. The number of hydrogen-bond acceptors (Lipinski definition) is 4. The molecule has 0 radical (unpaired) electrons. The predicted octanol–water partition coefficient (Wildman–Crippen LogP) is 3.00. The first-order valence-electron chi connectivity index (χ1n) is 7.93. The summed E-state index contributed by atoms with van der Waals surface area (Å²) in [6.07, 6.45) is 1.54. The van der Waals surface area contributed by atoms with Crippen LogP contribution in [0.15, 0.2) is 47.6 Å². The molecule has 0 bridgehead atoms. The molecule has 0 spiro atoms. The average molecular weight is 331 g/mol. The number of amides is 1. The highest BCUT2D eigenvalue weighted by molar-refractivity contribution is 5.97. The van der Waals surface area contributed by atoms with Crippen LogP contribution in [0, 0.1) is 18.3 Å². The summed E-state index contributed by atoms with van der Waals surface area (Å²) in [7, 11) is 0. The van der Waals surface area contributed by atoms with Crippen molar-refractivity contribution in [1.29, 1.82) is 5.26 Å². The van der Waals surface area contributed by atoms with Gasteiger partial charge >= 0.3 is 0 Å². The highest BCUT2D eigenvalue weighted by Gasteiger charge is 2.10. The van der Waals surface area contributed by atoms with Crippen LogP contribution in [0.2, 0.25) is 0 Å². The number of carbonyl (C=O) groups excluding carboxylic acids is 1. The molecule has 0 fully saturated rings. The third-order valence-corrected chi connectivity index (χ3v) is 3.94. The van der Waals surface area contributed by atoms with Crippen LogP contribution in [0.5, 0.6) is 0 Å². The predicted molar refractivity (Wildman–Crippen MR) is 96.4 cm³/mol. The minimum Gasteiger partial charge on any atom is -0.329 e. The summed E-state index contributed by atoms with van der Waals surface area (Å²) in [5.41, 5.74) is 6.20. The molecular formula is C19H17N5O. The van der Waals surface area contributed by atoms with Crippen LogP contribution in [-0.2, 0) is 6.54 Å². The SMILES string of the molecule is CCn1c(C)nc2cc(C(=O)NN=Cc3ccc(C#N)cc3)ccc21. The van der Waals surface area contributed by atoms with Gasteiger partial charge in [-0.2, -0.15) is 10.4 Å². The van der Waals surface area contributed by atoms with Crippen molar-refractivity contribution in [3.8, 4) is 6.07 Å². The van der Waals surface area contributed by atoms with Crippen molar-refractivity contribution in [2.24, 2.45) is 5.10 Å². The number of aryl methyl sites for hydroxylation is 2. The molecule has 124 valence electrons. The zero-order chi connectivity index (χ0) is 17.8. The Hall–Kier alpha value is -3.46. The molecule has 25 heavy (non-hydrogen) atoms. The number of imidazole rings is 1. The van der Waals surface area contributed by atoms with E-state index in [1.165, 1.54) is 6.21 Å². The van der Waals surface area contributed by atoms with E-state index < -0.39 is 0 Å². The average Bonchev–Trinajstić information content (AvgIpc) is 2.96. The van der Waals surface area contributed by atoms with Gasteiger partial charge in [0.05, 0.1) is 28.9 Å². The summed E-state index contributed by atoms with van der Waals surface area (Å²) in [5, 5.41) is 12.7. The molecule has 2 aromatic carbocycles. The lowest BCUT2D eigenvalue weighted by Crippen LogP contribution is -2.17. The molecule has 1 heterocycles. The van der Waals surface area contributed by atoms with Gasteiger partial charge in [-0.3, -0.25) is 4.79 Å². The van der Waals surface area contributed by atoms with E-state index in [0.29, 0.717) is 11.1 Å². The second-order valence-electron chi connectivity index (χ2n) is 5.54. The van der Waals surface area contributed by atoms with Crippen molar-refractivity contribution < 1.29 is 4.79 Å². The Labute approximate surface area is 145 Å². The van der Waals surface area contributed by atoms with Gasteiger partial charge in [0.15, 0.2) is 0 Å².